The highest BCUT2D eigenvalue weighted by Gasteiger charge is 2.11. The smallest absolute Gasteiger partial charge is 0.216 e. The molecule has 2 N–H and O–H groups in total. The average molecular weight is 198 g/mol. The van der Waals surface area contributed by atoms with Crippen molar-refractivity contribution in [3.8, 4) is 0 Å². The number of carbonyl (C=O) groups excluding carboxylic acids is 1. The van der Waals surface area contributed by atoms with E-state index in [1.54, 1.807) is 6.92 Å². The van der Waals surface area contributed by atoms with Crippen LogP contribution in [0.2, 0.25) is 0 Å². The number of nitrogens with one attached hydrogen (secondary N) is 2. The molecular formula is C11H22N2O. The SMILES string of the molecule is CC(=O)NCCCCC1CCCNC1. The molecule has 0 aliphatic carbocycles. The quantitative estimate of drug-likeness (QED) is 0.654. The van der Waals surface area contributed by atoms with Gasteiger partial charge in [-0.15, -0.1) is 0 Å². The lowest BCUT2D eigenvalue weighted by Gasteiger charge is -2.22. The average Bonchev–Trinajstić information content (AvgIpc) is 2.18. The van der Waals surface area contributed by atoms with Crippen LogP contribution in [0.4, 0.5) is 0 Å². The predicted molar refractivity (Wildman–Crippen MR) is 58.1 cm³/mol. The molecule has 1 aliphatic heterocycles. The summed E-state index contributed by atoms with van der Waals surface area (Å²) in [6.07, 6.45) is 6.39. The van der Waals surface area contributed by atoms with Gasteiger partial charge in [-0.05, 0) is 44.7 Å². The third kappa shape index (κ3) is 5.22. The van der Waals surface area contributed by atoms with E-state index in [2.05, 4.69) is 10.6 Å². The van der Waals surface area contributed by atoms with Crippen molar-refractivity contribution >= 4 is 5.91 Å². The van der Waals surface area contributed by atoms with Crippen molar-refractivity contribution in [3.05, 3.63) is 0 Å². The summed E-state index contributed by atoms with van der Waals surface area (Å²) in [5, 5.41) is 6.25. The Labute approximate surface area is 86.6 Å². The van der Waals surface area contributed by atoms with E-state index >= 15 is 0 Å². The molecule has 1 saturated heterocycles. The number of amides is 1. The first-order valence-electron chi connectivity index (χ1n) is 5.74. The van der Waals surface area contributed by atoms with E-state index in [4.69, 9.17) is 0 Å². The van der Waals surface area contributed by atoms with Crippen LogP contribution in [0, 0.1) is 5.92 Å². The summed E-state index contributed by atoms with van der Waals surface area (Å²) < 4.78 is 0. The van der Waals surface area contributed by atoms with Crippen molar-refractivity contribution in [2.75, 3.05) is 19.6 Å². The van der Waals surface area contributed by atoms with Crippen LogP contribution in [-0.4, -0.2) is 25.5 Å². The molecule has 1 rings (SSSR count). The van der Waals surface area contributed by atoms with Crippen LogP contribution in [0.1, 0.15) is 39.0 Å². The third-order valence-corrected chi connectivity index (χ3v) is 2.81. The van der Waals surface area contributed by atoms with Crippen molar-refractivity contribution in [1.82, 2.24) is 10.6 Å². The molecule has 1 fully saturated rings. The first-order chi connectivity index (χ1) is 6.79. The highest BCUT2D eigenvalue weighted by atomic mass is 16.1. The third-order valence-electron chi connectivity index (χ3n) is 2.81. The molecule has 0 saturated carbocycles. The Kier molecular flexibility index (Phi) is 5.60. The lowest BCUT2D eigenvalue weighted by Crippen LogP contribution is -2.29. The predicted octanol–water partition coefficient (Wildman–Crippen LogP) is 1.29. The van der Waals surface area contributed by atoms with Gasteiger partial charge < -0.3 is 10.6 Å². The van der Waals surface area contributed by atoms with Gasteiger partial charge in [-0.25, -0.2) is 0 Å². The van der Waals surface area contributed by atoms with Gasteiger partial charge in [-0.1, -0.05) is 6.42 Å². The van der Waals surface area contributed by atoms with E-state index in [0.717, 1.165) is 18.9 Å². The summed E-state index contributed by atoms with van der Waals surface area (Å²) in [5.41, 5.74) is 0. The summed E-state index contributed by atoms with van der Waals surface area (Å²) >= 11 is 0. The van der Waals surface area contributed by atoms with Crippen molar-refractivity contribution in [1.29, 1.82) is 0 Å². The summed E-state index contributed by atoms with van der Waals surface area (Å²) in [5.74, 6) is 0.963. The van der Waals surface area contributed by atoms with Crippen LogP contribution in [-0.2, 0) is 4.79 Å². The lowest BCUT2D eigenvalue weighted by atomic mass is 9.94. The fraction of sp³-hybridized carbons (Fsp3) is 0.909. The van der Waals surface area contributed by atoms with Gasteiger partial charge in [0.15, 0.2) is 0 Å². The monoisotopic (exact) mass is 198 g/mol. The molecule has 1 atom stereocenters. The van der Waals surface area contributed by atoms with Gasteiger partial charge in [0.05, 0.1) is 0 Å². The summed E-state index contributed by atoms with van der Waals surface area (Å²) in [7, 11) is 0. The van der Waals surface area contributed by atoms with Gasteiger partial charge in [-0.2, -0.15) is 0 Å². The van der Waals surface area contributed by atoms with Gasteiger partial charge in [-0.3, -0.25) is 4.79 Å². The highest BCUT2D eigenvalue weighted by Crippen LogP contribution is 2.16. The molecule has 3 heteroatoms. The number of hydrogen-bond donors (Lipinski definition) is 2. The minimum Gasteiger partial charge on any atom is -0.356 e. The molecule has 0 aromatic heterocycles. The molecular weight excluding hydrogens is 176 g/mol. The molecule has 1 amide bonds. The second-order valence-corrected chi connectivity index (χ2v) is 4.19. The Balaban J connectivity index is 1.90. The minimum atomic E-state index is 0.0873. The number of rotatable bonds is 5. The van der Waals surface area contributed by atoms with Gasteiger partial charge in [0.2, 0.25) is 5.91 Å². The maximum absolute atomic E-state index is 10.6. The van der Waals surface area contributed by atoms with Gasteiger partial charge in [0, 0.05) is 13.5 Å². The van der Waals surface area contributed by atoms with Crippen molar-refractivity contribution in [3.63, 3.8) is 0 Å². The summed E-state index contributed by atoms with van der Waals surface area (Å²) in [6, 6.07) is 0. The number of carbonyl (C=O) groups is 1. The summed E-state index contributed by atoms with van der Waals surface area (Å²) in [6.45, 7) is 4.81. The number of hydrogen-bond acceptors (Lipinski definition) is 2. The zero-order valence-corrected chi connectivity index (χ0v) is 9.14. The van der Waals surface area contributed by atoms with Crippen molar-refractivity contribution in [2.45, 2.75) is 39.0 Å². The molecule has 3 nitrogen and oxygen atoms in total. The molecule has 0 aromatic carbocycles. The van der Waals surface area contributed by atoms with E-state index in [-0.39, 0.29) is 5.91 Å². The maximum atomic E-state index is 10.6. The normalized spacial score (nSPS) is 21.9. The van der Waals surface area contributed by atoms with Crippen molar-refractivity contribution in [2.24, 2.45) is 5.92 Å². The van der Waals surface area contributed by atoms with Gasteiger partial charge in [0.25, 0.3) is 0 Å². The molecule has 0 spiro atoms. The molecule has 0 bridgehead atoms. The zero-order chi connectivity index (χ0) is 10.2. The topological polar surface area (TPSA) is 41.1 Å². The Morgan fingerprint density at radius 1 is 1.50 bits per heavy atom. The Morgan fingerprint density at radius 2 is 2.36 bits per heavy atom. The van der Waals surface area contributed by atoms with E-state index in [9.17, 15) is 4.79 Å². The van der Waals surface area contributed by atoms with E-state index in [1.807, 2.05) is 0 Å². The van der Waals surface area contributed by atoms with Crippen LogP contribution in [0.25, 0.3) is 0 Å². The Bertz CT molecular complexity index is 165. The molecule has 0 aromatic rings. The number of unbranched alkanes of at least 4 members (excludes halogenated alkanes) is 1. The first kappa shape index (κ1) is 11.5. The zero-order valence-electron chi connectivity index (χ0n) is 9.14. The summed E-state index contributed by atoms with van der Waals surface area (Å²) in [4.78, 5) is 10.6. The Hall–Kier alpha value is -0.570. The Morgan fingerprint density at radius 3 is 3.00 bits per heavy atom. The van der Waals surface area contributed by atoms with Crippen LogP contribution in [0.5, 0.6) is 0 Å². The minimum absolute atomic E-state index is 0.0873. The van der Waals surface area contributed by atoms with Crippen LogP contribution in [0.3, 0.4) is 0 Å². The fourth-order valence-corrected chi connectivity index (χ4v) is 1.99. The van der Waals surface area contributed by atoms with Crippen LogP contribution in [0.15, 0.2) is 0 Å². The molecule has 14 heavy (non-hydrogen) atoms. The molecule has 1 heterocycles. The lowest BCUT2D eigenvalue weighted by molar-refractivity contribution is -0.118. The van der Waals surface area contributed by atoms with Gasteiger partial charge in [0.1, 0.15) is 0 Å². The van der Waals surface area contributed by atoms with E-state index in [1.165, 1.54) is 38.8 Å². The first-order valence-corrected chi connectivity index (χ1v) is 5.74. The standard InChI is InChI=1S/C11H22N2O/c1-10(14)13-8-3-2-5-11-6-4-7-12-9-11/h11-12H,2-9H2,1H3,(H,13,14). The van der Waals surface area contributed by atoms with Crippen LogP contribution >= 0.6 is 0 Å². The molecule has 0 radical (unpaired) electrons. The number of piperidine rings is 1. The molecule has 82 valence electrons. The maximum Gasteiger partial charge on any atom is 0.216 e. The largest absolute Gasteiger partial charge is 0.356 e. The van der Waals surface area contributed by atoms with E-state index < -0.39 is 0 Å². The fourth-order valence-electron chi connectivity index (χ4n) is 1.99. The van der Waals surface area contributed by atoms with E-state index in [0.29, 0.717) is 0 Å². The second-order valence-electron chi connectivity index (χ2n) is 4.19. The van der Waals surface area contributed by atoms with Crippen LogP contribution < -0.4 is 10.6 Å². The molecule has 1 aliphatic rings. The second kappa shape index (κ2) is 6.82. The van der Waals surface area contributed by atoms with Gasteiger partial charge >= 0.3 is 0 Å². The molecule has 1 unspecified atom stereocenters. The van der Waals surface area contributed by atoms with Crippen molar-refractivity contribution < 1.29 is 4.79 Å². The highest BCUT2D eigenvalue weighted by molar-refractivity contribution is 5.72.